The SMILES string of the molecule is COc1cccc(CN2CCNC(=O)C2CC(=O)O)c1O. The highest BCUT2D eigenvalue weighted by Crippen LogP contribution is 2.30. The number of phenolic OH excluding ortho intramolecular Hbond substituents is 1. The largest absolute Gasteiger partial charge is 0.504 e. The molecule has 0 aromatic heterocycles. The van der Waals surface area contributed by atoms with Gasteiger partial charge in [-0.1, -0.05) is 12.1 Å². The van der Waals surface area contributed by atoms with Crippen molar-refractivity contribution < 1.29 is 24.5 Å². The second-order valence-corrected chi connectivity index (χ2v) is 4.84. The number of ether oxygens (including phenoxy) is 1. The van der Waals surface area contributed by atoms with E-state index in [0.29, 0.717) is 24.4 Å². The van der Waals surface area contributed by atoms with Crippen LogP contribution < -0.4 is 10.1 Å². The minimum atomic E-state index is -1.03. The fraction of sp³-hybridized carbons (Fsp3) is 0.429. The van der Waals surface area contributed by atoms with Crippen LogP contribution in [0, 0.1) is 0 Å². The molecule has 1 aliphatic heterocycles. The number of nitrogens with one attached hydrogen (secondary N) is 1. The molecule has 1 aliphatic rings. The molecule has 1 saturated heterocycles. The number of carboxylic acids is 1. The Kier molecular flexibility index (Phi) is 4.64. The molecule has 0 radical (unpaired) electrons. The number of para-hydroxylation sites is 1. The summed E-state index contributed by atoms with van der Waals surface area (Å²) in [6.07, 6.45) is -0.267. The molecule has 0 spiro atoms. The van der Waals surface area contributed by atoms with Crippen LogP contribution >= 0.6 is 0 Å². The number of phenols is 1. The lowest BCUT2D eigenvalue weighted by Gasteiger charge is -2.34. The topological polar surface area (TPSA) is 99.1 Å². The van der Waals surface area contributed by atoms with E-state index in [1.54, 1.807) is 23.1 Å². The lowest BCUT2D eigenvalue weighted by atomic mass is 10.1. The quantitative estimate of drug-likeness (QED) is 0.716. The fourth-order valence-corrected chi connectivity index (χ4v) is 2.42. The second kappa shape index (κ2) is 6.45. The number of hydrogen-bond donors (Lipinski definition) is 3. The molecule has 7 heteroatoms. The Morgan fingerprint density at radius 3 is 2.95 bits per heavy atom. The Bertz CT molecular complexity index is 546. The Balaban J connectivity index is 2.19. The maximum absolute atomic E-state index is 11.8. The molecular weight excluding hydrogens is 276 g/mol. The Labute approximate surface area is 122 Å². The summed E-state index contributed by atoms with van der Waals surface area (Å²) in [4.78, 5) is 24.5. The van der Waals surface area contributed by atoms with Gasteiger partial charge in [-0.3, -0.25) is 14.5 Å². The molecule has 1 amide bonds. The molecule has 1 aromatic carbocycles. The van der Waals surface area contributed by atoms with Crippen molar-refractivity contribution in [3.63, 3.8) is 0 Å². The first-order valence-electron chi connectivity index (χ1n) is 6.61. The summed E-state index contributed by atoms with van der Waals surface area (Å²) in [5, 5.41) is 21.7. The lowest BCUT2D eigenvalue weighted by Crippen LogP contribution is -2.55. The van der Waals surface area contributed by atoms with Crippen LogP contribution in [-0.2, 0) is 16.1 Å². The Morgan fingerprint density at radius 2 is 2.29 bits per heavy atom. The van der Waals surface area contributed by atoms with Crippen LogP contribution in [0.5, 0.6) is 11.5 Å². The third kappa shape index (κ3) is 3.43. The normalized spacial score (nSPS) is 19.1. The number of carboxylic acid groups (broad SMARTS) is 1. The van der Waals surface area contributed by atoms with Crippen molar-refractivity contribution in [3.05, 3.63) is 23.8 Å². The van der Waals surface area contributed by atoms with E-state index in [2.05, 4.69) is 5.32 Å². The first kappa shape index (κ1) is 15.1. The van der Waals surface area contributed by atoms with Crippen LogP contribution in [0.15, 0.2) is 18.2 Å². The summed E-state index contributed by atoms with van der Waals surface area (Å²) in [5.41, 5.74) is 0.597. The van der Waals surface area contributed by atoms with E-state index in [1.165, 1.54) is 7.11 Å². The molecule has 0 saturated carbocycles. The predicted octanol–water partition coefficient (Wildman–Crippen LogP) is 0.176. The highest BCUT2D eigenvalue weighted by atomic mass is 16.5. The smallest absolute Gasteiger partial charge is 0.305 e. The Hall–Kier alpha value is -2.28. The summed E-state index contributed by atoms with van der Waals surface area (Å²) in [7, 11) is 1.46. The third-order valence-corrected chi connectivity index (χ3v) is 3.49. The molecule has 2 rings (SSSR count). The maximum atomic E-state index is 11.8. The van der Waals surface area contributed by atoms with Gasteiger partial charge in [-0.2, -0.15) is 0 Å². The van der Waals surface area contributed by atoms with Crippen LogP contribution in [0.4, 0.5) is 0 Å². The summed E-state index contributed by atoms with van der Waals surface area (Å²) >= 11 is 0. The highest BCUT2D eigenvalue weighted by molar-refractivity contribution is 5.86. The molecule has 114 valence electrons. The van der Waals surface area contributed by atoms with Crippen LogP contribution in [0.25, 0.3) is 0 Å². The van der Waals surface area contributed by atoms with E-state index < -0.39 is 12.0 Å². The number of methoxy groups -OCH3 is 1. The van der Waals surface area contributed by atoms with Gasteiger partial charge in [0.15, 0.2) is 11.5 Å². The van der Waals surface area contributed by atoms with Crippen LogP contribution in [0.1, 0.15) is 12.0 Å². The zero-order chi connectivity index (χ0) is 15.4. The minimum absolute atomic E-state index is 0.0139. The summed E-state index contributed by atoms with van der Waals surface area (Å²) in [6.45, 7) is 1.27. The van der Waals surface area contributed by atoms with Crippen molar-refractivity contribution in [2.75, 3.05) is 20.2 Å². The molecule has 7 nitrogen and oxygen atoms in total. The second-order valence-electron chi connectivity index (χ2n) is 4.84. The molecular formula is C14H18N2O5. The van der Waals surface area contributed by atoms with E-state index in [9.17, 15) is 14.7 Å². The molecule has 1 fully saturated rings. The van der Waals surface area contributed by atoms with Gasteiger partial charge in [-0.15, -0.1) is 0 Å². The number of hydrogen-bond acceptors (Lipinski definition) is 5. The standard InChI is InChI=1S/C14H18N2O5/c1-21-11-4-2-3-9(13(11)19)8-16-6-5-15-14(20)10(16)7-12(17)18/h2-4,10,19H,5-8H2,1H3,(H,15,20)(H,17,18). The lowest BCUT2D eigenvalue weighted by molar-refractivity contribution is -0.143. The first-order chi connectivity index (χ1) is 10.0. The number of amides is 1. The van der Waals surface area contributed by atoms with E-state index in [0.717, 1.165) is 0 Å². The van der Waals surface area contributed by atoms with Crippen molar-refractivity contribution in [1.29, 1.82) is 0 Å². The van der Waals surface area contributed by atoms with Crippen LogP contribution in [0.2, 0.25) is 0 Å². The van der Waals surface area contributed by atoms with Crippen molar-refractivity contribution in [2.24, 2.45) is 0 Å². The Morgan fingerprint density at radius 1 is 1.52 bits per heavy atom. The number of aliphatic carboxylic acids is 1. The monoisotopic (exact) mass is 294 g/mol. The summed E-state index contributed by atoms with van der Waals surface area (Å²) < 4.78 is 5.05. The van der Waals surface area contributed by atoms with Crippen LogP contribution in [0.3, 0.4) is 0 Å². The van der Waals surface area contributed by atoms with Gasteiger partial charge >= 0.3 is 5.97 Å². The number of piperazine rings is 1. The van der Waals surface area contributed by atoms with Gasteiger partial charge in [0.2, 0.25) is 5.91 Å². The molecule has 0 bridgehead atoms. The zero-order valence-corrected chi connectivity index (χ0v) is 11.7. The fourth-order valence-electron chi connectivity index (χ4n) is 2.42. The number of benzene rings is 1. The summed E-state index contributed by atoms with van der Waals surface area (Å²) in [5.74, 6) is -0.966. The number of nitrogens with zero attached hydrogens (tertiary/aromatic N) is 1. The number of rotatable bonds is 5. The van der Waals surface area contributed by atoms with Gasteiger partial charge in [0, 0.05) is 25.2 Å². The van der Waals surface area contributed by atoms with Gasteiger partial charge in [-0.05, 0) is 6.07 Å². The average Bonchev–Trinajstić information content (AvgIpc) is 2.44. The molecule has 0 aliphatic carbocycles. The van der Waals surface area contributed by atoms with Crippen molar-refractivity contribution in [2.45, 2.75) is 19.0 Å². The predicted molar refractivity (Wildman–Crippen MR) is 74.1 cm³/mol. The molecule has 1 atom stereocenters. The number of carbonyl (C=O) groups excluding carboxylic acids is 1. The molecule has 3 N–H and O–H groups in total. The minimum Gasteiger partial charge on any atom is -0.504 e. The van der Waals surface area contributed by atoms with Crippen LogP contribution in [-0.4, -0.2) is 53.2 Å². The highest BCUT2D eigenvalue weighted by Gasteiger charge is 2.32. The van der Waals surface area contributed by atoms with Crippen molar-refractivity contribution in [3.8, 4) is 11.5 Å². The molecule has 1 heterocycles. The van der Waals surface area contributed by atoms with Gasteiger partial charge in [-0.25, -0.2) is 0 Å². The van der Waals surface area contributed by atoms with E-state index in [-0.39, 0.29) is 24.6 Å². The van der Waals surface area contributed by atoms with E-state index >= 15 is 0 Å². The van der Waals surface area contributed by atoms with Gasteiger partial charge < -0.3 is 20.3 Å². The summed E-state index contributed by atoms with van der Waals surface area (Å²) in [6, 6.07) is 4.37. The first-order valence-corrected chi connectivity index (χ1v) is 6.61. The van der Waals surface area contributed by atoms with Gasteiger partial charge in [0.25, 0.3) is 0 Å². The number of aromatic hydroxyl groups is 1. The van der Waals surface area contributed by atoms with E-state index in [4.69, 9.17) is 9.84 Å². The average molecular weight is 294 g/mol. The molecule has 1 unspecified atom stereocenters. The van der Waals surface area contributed by atoms with E-state index in [1.807, 2.05) is 0 Å². The third-order valence-electron chi connectivity index (χ3n) is 3.49. The van der Waals surface area contributed by atoms with Gasteiger partial charge in [0.05, 0.1) is 13.5 Å². The van der Waals surface area contributed by atoms with Crippen molar-refractivity contribution >= 4 is 11.9 Å². The maximum Gasteiger partial charge on any atom is 0.305 e. The molecule has 1 aromatic rings. The van der Waals surface area contributed by atoms with Crippen molar-refractivity contribution in [1.82, 2.24) is 10.2 Å². The zero-order valence-electron chi connectivity index (χ0n) is 11.7. The van der Waals surface area contributed by atoms with Gasteiger partial charge in [0.1, 0.15) is 6.04 Å². The molecule has 21 heavy (non-hydrogen) atoms. The number of carbonyl (C=O) groups is 2.